The molecule has 1 atom stereocenters. The summed E-state index contributed by atoms with van der Waals surface area (Å²) in [6.07, 6.45) is 1.65. The first kappa shape index (κ1) is 18.2. The lowest BCUT2D eigenvalue weighted by Gasteiger charge is -2.27. The average Bonchev–Trinajstić information content (AvgIpc) is 3.17. The molecule has 0 aromatic heterocycles. The molecule has 1 aliphatic carbocycles. The molecule has 146 valence electrons. The molecule has 0 bridgehead atoms. The Labute approximate surface area is 162 Å². The van der Waals surface area contributed by atoms with Crippen molar-refractivity contribution in [3.05, 3.63) is 47.0 Å². The highest BCUT2D eigenvalue weighted by atomic mass is 16.7. The Morgan fingerprint density at radius 1 is 1.07 bits per heavy atom. The number of hydrogen-bond acceptors (Lipinski definition) is 7. The van der Waals surface area contributed by atoms with Gasteiger partial charge < -0.3 is 23.8 Å². The molecule has 0 spiro atoms. The number of oxime groups is 1. The molecule has 4 rings (SSSR count). The van der Waals surface area contributed by atoms with Gasteiger partial charge in [0, 0.05) is 18.4 Å². The van der Waals surface area contributed by atoms with Gasteiger partial charge in [-0.25, -0.2) is 4.79 Å². The van der Waals surface area contributed by atoms with Crippen LogP contribution in [0.5, 0.6) is 23.0 Å². The standard InChI is InChI=1S/C21H21NO6/c1-12(23)28-22-21-15(13-5-7-17(24-2)18(8-13)25-3)6-4-14-9-19-20(10-16(14)21)27-11-26-19/h5,7-10,15H,4,6,11H2,1-3H3/b22-21+. The van der Waals surface area contributed by atoms with Crippen molar-refractivity contribution in [3.63, 3.8) is 0 Å². The minimum Gasteiger partial charge on any atom is -0.493 e. The fourth-order valence-electron chi connectivity index (χ4n) is 3.67. The molecular formula is C21H21NO6. The maximum absolute atomic E-state index is 11.4. The number of methoxy groups -OCH3 is 2. The van der Waals surface area contributed by atoms with Crippen LogP contribution in [0, 0.1) is 0 Å². The van der Waals surface area contributed by atoms with Crippen molar-refractivity contribution in [2.75, 3.05) is 21.0 Å². The van der Waals surface area contributed by atoms with Gasteiger partial charge in [0.1, 0.15) is 0 Å². The average molecular weight is 383 g/mol. The summed E-state index contributed by atoms with van der Waals surface area (Å²) in [5.41, 5.74) is 3.68. The summed E-state index contributed by atoms with van der Waals surface area (Å²) in [5.74, 6) is 2.17. The van der Waals surface area contributed by atoms with Crippen LogP contribution in [0.1, 0.15) is 36.0 Å². The van der Waals surface area contributed by atoms with Gasteiger partial charge in [-0.2, -0.15) is 0 Å². The van der Waals surface area contributed by atoms with Gasteiger partial charge in [0.05, 0.1) is 19.9 Å². The Hall–Kier alpha value is -3.22. The zero-order valence-corrected chi connectivity index (χ0v) is 16.0. The highest BCUT2D eigenvalue weighted by Crippen LogP contribution is 2.42. The first-order chi connectivity index (χ1) is 13.6. The van der Waals surface area contributed by atoms with Crippen LogP contribution in [-0.4, -0.2) is 32.7 Å². The van der Waals surface area contributed by atoms with E-state index >= 15 is 0 Å². The van der Waals surface area contributed by atoms with Gasteiger partial charge in [-0.05, 0) is 48.2 Å². The first-order valence-corrected chi connectivity index (χ1v) is 9.01. The summed E-state index contributed by atoms with van der Waals surface area (Å²) in [6.45, 7) is 1.53. The fourth-order valence-corrected chi connectivity index (χ4v) is 3.67. The number of fused-ring (bicyclic) bond motifs is 2. The topological polar surface area (TPSA) is 75.6 Å². The molecule has 0 saturated carbocycles. The van der Waals surface area contributed by atoms with Crippen LogP contribution in [0.3, 0.4) is 0 Å². The fraction of sp³-hybridized carbons (Fsp3) is 0.333. The Balaban J connectivity index is 1.79. The molecule has 0 fully saturated rings. The number of nitrogens with zero attached hydrogens (tertiary/aromatic N) is 1. The number of hydrogen-bond donors (Lipinski definition) is 0. The van der Waals surface area contributed by atoms with Crippen molar-refractivity contribution in [2.24, 2.45) is 5.16 Å². The predicted octanol–water partition coefficient (Wildman–Crippen LogP) is 3.43. The zero-order valence-electron chi connectivity index (χ0n) is 16.0. The molecule has 0 N–H and O–H groups in total. The predicted molar refractivity (Wildman–Crippen MR) is 101 cm³/mol. The van der Waals surface area contributed by atoms with Crippen molar-refractivity contribution >= 4 is 11.7 Å². The lowest BCUT2D eigenvalue weighted by atomic mass is 9.78. The Morgan fingerprint density at radius 3 is 2.54 bits per heavy atom. The SMILES string of the molecule is COc1ccc(C2CCc3cc4c(cc3/C2=N/OC(C)=O)OCO4)cc1OC. The Morgan fingerprint density at radius 2 is 1.82 bits per heavy atom. The lowest BCUT2D eigenvalue weighted by molar-refractivity contribution is -0.140. The Bertz CT molecular complexity index is 952. The monoisotopic (exact) mass is 383 g/mol. The van der Waals surface area contributed by atoms with E-state index in [-0.39, 0.29) is 12.7 Å². The first-order valence-electron chi connectivity index (χ1n) is 9.01. The molecule has 0 saturated heterocycles. The summed E-state index contributed by atoms with van der Waals surface area (Å²) in [4.78, 5) is 16.4. The molecule has 1 aliphatic heterocycles. The normalized spacial score (nSPS) is 18.5. The van der Waals surface area contributed by atoms with Gasteiger partial charge in [0.15, 0.2) is 23.0 Å². The van der Waals surface area contributed by atoms with E-state index in [1.54, 1.807) is 14.2 Å². The van der Waals surface area contributed by atoms with E-state index in [2.05, 4.69) is 5.16 Å². The number of rotatable bonds is 4. The van der Waals surface area contributed by atoms with E-state index in [4.69, 9.17) is 23.8 Å². The van der Waals surface area contributed by atoms with Crippen LogP contribution < -0.4 is 18.9 Å². The summed E-state index contributed by atoms with van der Waals surface area (Å²) in [7, 11) is 3.21. The number of aryl methyl sites for hydroxylation is 1. The zero-order chi connectivity index (χ0) is 19.7. The minimum atomic E-state index is -0.466. The number of ether oxygens (including phenoxy) is 4. The van der Waals surface area contributed by atoms with E-state index in [1.807, 2.05) is 30.3 Å². The molecule has 2 aliphatic rings. The molecule has 28 heavy (non-hydrogen) atoms. The van der Waals surface area contributed by atoms with Crippen LogP contribution in [-0.2, 0) is 16.1 Å². The van der Waals surface area contributed by atoms with Crippen LogP contribution in [0.4, 0.5) is 0 Å². The number of carbonyl (C=O) groups excluding carboxylic acids is 1. The van der Waals surface area contributed by atoms with Crippen molar-refractivity contribution < 1.29 is 28.6 Å². The second-order valence-electron chi connectivity index (χ2n) is 6.63. The van der Waals surface area contributed by atoms with Gasteiger partial charge in [0.25, 0.3) is 0 Å². The molecule has 0 radical (unpaired) electrons. The van der Waals surface area contributed by atoms with Crippen LogP contribution in [0.15, 0.2) is 35.5 Å². The third-order valence-electron chi connectivity index (χ3n) is 4.99. The molecule has 1 unspecified atom stereocenters. The van der Waals surface area contributed by atoms with Crippen LogP contribution in [0.25, 0.3) is 0 Å². The molecule has 2 aromatic carbocycles. The second-order valence-corrected chi connectivity index (χ2v) is 6.63. The van der Waals surface area contributed by atoms with E-state index < -0.39 is 5.97 Å². The van der Waals surface area contributed by atoms with Crippen molar-refractivity contribution in [2.45, 2.75) is 25.7 Å². The Kier molecular flexibility index (Phi) is 4.81. The van der Waals surface area contributed by atoms with E-state index in [9.17, 15) is 4.79 Å². The van der Waals surface area contributed by atoms with Crippen LogP contribution >= 0.6 is 0 Å². The largest absolute Gasteiger partial charge is 0.493 e. The van der Waals surface area contributed by atoms with Crippen LogP contribution in [0.2, 0.25) is 0 Å². The van der Waals surface area contributed by atoms with Crippen molar-refractivity contribution in [3.8, 4) is 23.0 Å². The van der Waals surface area contributed by atoms with E-state index in [1.165, 1.54) is 6.92 Å². The highest BCUT2D eigenvalue weighted by Gasteiger charge is 2.31. The number of benzene rings is 2. The molecule has 0 amide bonds. The van der Waals surface area contributed by atoms with Gasteiger partial charge >= 0.3 is 5.97 Å². The summed E-state index contributed by atoms with van der Waals surface area (Å²) in [5, 5.41) is 4.20. The van der Waals surface area contributed by atoms with Gasteiger partial charge in [-0.15, -0.1) is 0 Å². The summed E-state index contributed by atoms with van der Waals surface area (Å²) >= 11 is 0. The minimum absolute atomic E-state index is 0.0629. The highest BCUT2D eigenvalue weighted by molar-refractivity contribution is 6.07. The molecule has 2 aromatic rings. The third kappa shape index (κ3) is 3.24. The summed E-state index contributed by atoms with van der Waals surface area (Å²) in [6, 6.07) is 9.67. The van der Waals surface area contributed by atoms with Gasteiger partial charge in [-0.3, -0.25) is 0 Å². The van der Waals surface area contributed by atoms with E-state index in [0.29, 0.717) is 23.0 Å². The number of carbonyl (C=O) groups is 1. The van der Waals surface area contributed by atoms with Crippen molar-refractivity contribution in [1.82, 2.24) is 0 Å². The maximum Gasteiger partial charge on any atom is 0.331 e. The molecular weight excluding hydrogens is 362 g/mol. The lowest BCUT2D eigenvalue weighted by Crippen LogP contribution is -2.23. The van der Waals surface area contributed by atoms with E-state index in [0.717, 1.165) is 35.3 Å². The maximum atomic E-state index is 11.4. The smallest absolute Gasteiger partial charge is 0.331 e. The van der Waals surface area contributed by atoms with Gasteiger partial charge in [-0.1, -0.05) is 11.2 Å². The quantitative estimate of drug-likeness (QED) is 0.595. The molecule has 1 heterocycles. The third-order valence-corrected chi connectivity index (χ3v) is 4.99. The molecule has 7 heteroatoms. The summed E-state index contributed by atoms with van der Waals surface area (Å²) < 4.78 is 21.8. The van der Waals surface area contributed by atoms with Crippen molar-refractivity contribution in [1.29, 1.82) is 0 Å². The van der Waals surface area contributed by atoms with Gasteiger partial charge in [0.2, 0.25) is 6.79 Å². The second kappa shape index (κ2) is 7.42. The molecule has 7 nitrogen and oxygen atoms in total.